The van der Waals surface area contributed by atoms with Crippen LogP contribution in [0.3, 0.4) is 0 Å². The molecule has 1 fully saturated rings. The maximum Gasteiger partial charge on any atom is 0.267 e. The molecule has 1 heterocycles. The van der Waals surface area contributed by atoms with Crippen LogP contribution in [0.2, 0.25) is 5.02 Å². The van der Waals surface area contributed by atoms with Gasteiger partial charge < -0.3 is 5.32 Å². The molecule has 1 N–H and O–H groups in total. The Bertz CT molecular complexity index is 629. The molecule has 1 aromatic carbocycles. The summed E-state index contributed by atoms with van der Waals surface area (Å²) >= 11 is 6.16. The molecule has 1 aliphatic heterocycles. The summed E-state index contributed by atoms with van der Waals surface area (Å²) in [6, 6.07) is 7.79. The van der Waals surface area contributed by atoms with Crippen molar-refractivity contribution in [2.24, 2.45) is 5.10 Å². The zero-order chi connectivity index (χ0) is 15.0. The van der Waals surface area contributed by atoms with E-state index >= 15 is 0 Å². The maximum absolute atomic E-state index is 12.1. The molecular weight excluding hydrogens is 290 g/mol. The summed E-state index contributed by atoms with van der Waals surface area (Å²) in [7, 11) is 1.57. The van der Waals surface area contributed by atoms with Crippen LogP contribution >= 0.6 is 11.6 Å². The van der Waals surface area contributed by atoms with Gasteiger partial charge in [0.05, 0.1) is 0 Å². The van der Waals surface area contributed by atoms with Crippen LogP contribution in [0.25, 0.3) is 0 Å². The van der Waals surface area contributed by atoms with E-state index in [0.717, 1.165) is 17.0 Å². The second kappa shape index (κ2) is 5.48. The fourth-order valence-electron chi connectivity index (χ4n) is 2.56. The van der Waals surface area contributed by atoms with E-state index in [0.29, 0.717) is 18.6 Å². The Hall–Kier alpha value is -1.88. The lowest BCUT2D eigenvalue weighted by atomic mass is 10.1. The normalized spacial score (nSPS) is 24.6. The number of nitrogens with one attached hydrogen (secondary N) is 1. The minimum Gasteiger partial charge on any atom is -0.348 e. The topological polar surface area (TPSA) is 61.8 Å². The average molecular weight is 306 g/mol. The Morgan fingerprint density at radius 2 is 2.14 bits per heavy atom. The Kier molecular flexibility index (Phi) is 3.68. The number of rotatable bonds is 3. The highest BCUT2D eigenvalue weighted by atomic mass is 35.5. The number of carbonyl (C=O) groups is 2. The van der Waals surface area contributed by atoms with Crippen LogP contribution in [-0.4, -0.2) is 35.6 Å². The van der Waals surface area contributed by atoms with Crippen molar-refractivity contribution < 1.29 is 9.59 Å². The van der Waals surface area contributed by atoms with E-state index in [9.17, 15) is 9.59 Å². The van der Waals surface area contributed by atoms with Crippen molar-refractivity contribution in [3.05, 3.63) is 34.9 Å². The molecule has 6 heteroatoms. The van der Waals surface area contributed by atoms with E-state index < -0.39 is 0 Å². The molecule has 1 aliphatic carbocycles. The smallest absolute Gasteiger partial charge is 0.267 e. The third-order valence-corrected chi connectivity index (χ3v) is 4.23. The van der Waals surface area contributed by atoms with E-state index in [2.05, 4.69) is 10.4 Å². The van der Waals surface area contributed by atoms with Gasteiger partial charge >= 0.3 is 0 Å². The van der Waals surface area contributed by atoms with Crippen molar-refractivity contribution in [1.29, 1.82) is 0 Å². The van der Waals surface area contributed by atoms with Crippen LogP contribution in [0.5, 0.6) is 0 Å². The van der Waals surface area contributed by atoms with Gasteiger partial charge in [-0.15, -0.1) is 0 Å². The van der Waals surface area contributed by atoms with Crippen LogP contribution in [0.15, 0.2) is 29.4 Å². The predicted octanol–water partition coefficient (Wildman–Crippen LogP) is 1.92. The first kappa shape index (κ1) is 14.1. The predicted molar refractivity (Wildman–Crippen MR) is 80.2 cm³/mol. The zero-order valence-corrected chi connectivity index (χ0v) is 12.4. The van der Waals surface area contributed by atoms with E-state index in [1.807, 2.05) is 24.3 Å². The summed E-state index contributed by atoms with van der Waals surface area (Å²) in [5.74, 6) is 0.0204. The van der Waals surface area contributed by atoms with E-state index in [-0.39, 0.29) is 23.8 Å². The molecule has 2 aliphatic rings. The molecule has 0 saturated heterocycles. The molecule has 3 rings (SSSR count). The van der Waals surface area contributed by atoms with Crippen LogP contribution < -0.4 is 5.32 Å². The lowest BCUT2D eigenvalue weighted by Crippen LogP contribution is -2.38. The summed E-state index contributed by atoms with van der Waals surface area (Å²) < 4.78 is 0. The van der Waals surface area contributed by atoms with Gasteiger partial charge in [-0.25, -0.2) is 5.01 Å². The van der Waals surface area contributed by atoms with Crippen LogP contribution in [0, 0.1) is 0 Å². The van der Waals surface area contributed by atoms with Crippen molar-refractivity contribution >= 4 is 29.1 Å². The third kappa shape index (κ3) is 2.93. The van der Waals surface area contributed by atoms with Crippen molar-refractivity contribution in [3.63, 3.8) is 0 Å². The van der Waals surface area contributed by atoms with E-state index in [4.69, 9.17) is 11.6 Å². The van der Waals surface area contributed by atoms with Crippen molar-refractivity contribution in [3.8, 4) is 0 Å². The number of halogens is 1. The molecule has 21 heavy (non-hydrogen) atoms. The van der Waals surface area contributed by atoms with Gasteiger partial charge in [-0.1, -0.05) is 29.8 Å². The number of hydrogen-bond acceptors (Lipinski definition) is 3. The van der Waals surface area contributed by atoms with Gasteiger partial charge in [-0.2, -0.15) is 5.10 Å². The lowest BCUT2D eigenvalue weighted by Gasteiger charge is -2.18. The second-order valence-corrected chi connectivity index (χ2v) is 5.81. The van der Waals surface area contributed by atoms with Gasteiger partial charge in [0.2, 0.25) is 5.91 Å². The number of carbonyl (C=O) groups excluding carboxylic acids is 2. The SMILES string of the molecule is CN1N=C(C(=O)N[C@H]2C[C@H]2c2ccccc2Cl)CCC1=O. The molecule has 0 aromatic heterocycles. The van der Waals surface area contributed by atoms with Crippen molar-refractivity contribution in [2.75, 3.05) is 7.05 Å². The summed E-state index contributed by atoms with van der Waals surface area (Å²) in [4.78, 5) is 23.5. The van der Waals surface area contributed by atoms with Crippen molar-refractivity contribution in [2.45, 2.75) is 31.2 Å². The van der Waals surface area contributed by atoms with Crippen LogP contribution in [-0.2, 0) is 9.59 Å². The van der Waals surface area contributed by atoms with Gasteiger partial charge in [0.1, 0.15) is 5.71 Å². The standard InChI is InChI=1S/C15H16ClN3O2/c1-19-14(20)7-6-12(18-19)15(21)17-13-8-10(13)9-4-2-3-5-11(9)16/h2-5,10,13H,6-8H2,1H3,(H,17,21)/t10-,13-/m0/s1. The van der Waals surface area contributed by atoms with Crippen LogP contribution in [0.4, 0.5) is 0 Å². The average Bonchev–Trinajstić information content (AvgIpc) is 3.21. The Balaban J connectivity index is 1.62. The van der Waals surface area contributed by atoms with Gasteiger partial charge in [0.15, 0.2) is 0 Å². The summed E-state index contributed by atoms with van der Waals surface area (Å²) in [6.45, 7) is 0. The molecular formula is C15H16ClN3O2. The Labute approximate surface area is 128 Å². The molecule has 0 radical (unpaired) electrons. The van der Waals surface area contributed by atoms with E-state index in [1.165, 1.54) is 5.01 Å². The molecule has 110 valence electrons. The Morgan fingerprint density at radius 3 is 2.86 bits per heavy atom. The first-order valence-electron chi connectivity index (χ1n) is 6.95. The summed E-state index contributed by atoms with van der Waals surface area (Å²) in [5, 5.41) is 8.96. The second-order valence-electron chi connectivity index (χ2n) is 5.41. The summed E-state index contributed by atoms with van der Waals surface area (Å²) in [5.41, 5.74) is 1.49. The highest BCUT2D eigenvalue weighted by molar-refractivity contribution is 6.39. The highest BCUT2D eigenvalue weighted by Crippen LogP contribution is 2.43. The maximum atomic E-state index is 12.1. The minimum atomic E-state index is -0.186. The number of amides is 2. The molecule has 0 bridgehead atoms. The molecule has 2 atom stereocenters. The first-order chi connectivity index (χ1) is 10.1. The molecule has 1 saturated carbocycles. The summed E-state index contributed by atoms with van der Waals surface area (Å²) in [6.07, 6.45) is 1.62. The molecule has 2 amide bonds. The van der Waals surface area contributed by atoms with Gasteiger partial charge in [-0.05, 0) is 18.1 Å². The largest absolute Gasteiger partial charge is 0.348 e. The van der Waals surface area contributed by atoms with Crippen molar-refractivity contribution in [1.82, 2.24) is 10.3 Å². The Morgan fingerprint density at radius 1 is 1.38 bits per heavy atom. The number of hydrogen-bond donors (Lipinski definition) is 1. The first-order valence-corrected chi connectivity index (χ1v) is 7.33. The quantitative estimate of drug-likeness (QED) is 0.927. The fraction of sp³-hybridized carbons (Fsp3) is 0.400. The molecule has 0 spiro atoms. The van der Waals surface area contributed by atoms with Crippen LogP contribution in [0.1, 0.15) is 30.7 Å². The monoisotopic (exact) mass is 305 g/mol. The zero-order valence-electron chi connectivity index (χ0n) is 11.7. The molecule has 0 unspecified atom stereocenters. The molecule has 1 aromatic rings. The number of benzene rings is 1. The third-order valence-electron chi connectivity index (χ3n) is 3.88. The number of hydrazone groups is 1. The van der Waals surface area contributed by atoms with Gasteiger partial charge in [-0.3, -0.25) is 9.59 Å². The molecule has 5 nitrogen and oxygen atoms in total. The van der Waals surface area contributed by atoms with E-state index in [1.54, 1.807) is 7.05 Å². The minimum absolute atomic E-state index is 0.0630. The van der Waals surface area contributed by atoms with Gasteiger partial charge in [0, 0.05) is 36.9 Å². The highest BCUT2D eigenvalue weighted by Gasteiger charge is 2.41. The fourth-order valence-corrected chi connectivity index (χ4v) is 2.83. The number of nitrogens with zero attached hydrogens (tertiary/aromatic N) is 2. The van der Waals surface area contributed by atoms with Gasteiger partial charge in [0.25, 0.3) is 5.91 Å². The lowest BCUT2D eigenvalue weighted by molar-refractivity contribution is -0.130.